The summed E-state index contributed by atoms with van der Waals surface area (Å²) in [6.07, 6.45) is 0.989. The molecule has 1 aromatic carbocycles. The maximum Gasteiger partial charge on any atom is 0.247 e. The van der Waals surface area contributed by atoms with Gasteiger partial charge in [-0.15, -0.1) is 0 Å². The number of rotatable bonds is 6. The Labute approximate surface area is 165 Å². The molecule has 1 fully saturated rings. The molecule has 0 aromatic heterocycles. The minimum absolute atomic E-state index is 0.176. The summed E-state index contributed by atoms with van der Waals surface area (Å²) in [5.41, 5.74) is 0.604. The van der Waals surface area contributed by atoms with Gasteiger partial charge in [-0.1, -0.05) is 24.3 Å². The van der Waals surface area contributed by atoms with Crippen molar-refractivity contribution in [3.8, 4) is 0 Å². The van der Waals surface area contributed by atoms with Crippen molar-refractivity contribution in [3.05, 3.63) is 35.4 Å². The van der Waals surface area contributed by atoms with E-state index in [4.69, 9.17) is 0 Å². The minimum atomic E-state index is -3.63. The molecule has 1 saturated heterocycles. The molecule has 1 unspecified atom stereocenters. The van der Waals surface area contributed by atoms with Crippen LogP contribution >= 0.6 is 0 Å². The van der Waals surface area contributed by atoms with Gasteiger partial charge < -0.3 is 15.5 Å². The lowest BCUT2D eigenvalue weighted by atomic mass is 9.96. The van der Waals surface area contributed by atoms with E-state index in [1.54, 1.807) is 0 Å². The van der Waals surface area contributed by atoms with E-state index in [0.29, 0.717) is 6.54 Å². The van der Waals surface area contributed by atoms with E-state index >= 15 is 0 Å². The van der Waals surface area contributed by atoms with Crippen LogP contribution in [0.1, 0.15) is 18.1 Å². The van der Waals surface area contributed by atoms with Gasteiger partial charge in [-0.25, -0.2) is 8.42 Å². The van der Waals surface area contributed by atoms with Gasteiger partial charge in [0.1, 0.15) is 5.54 Å². The van der Waals surface area contributed by atoms with Gasteiger partial charge >= 0.3 is 0 Å². The molecule has 2 rings (SSSR count). The number of carbonyl (C=O) groups is 3. The van der Waals surface area contributed by atoms with Crippen LogP contribution in [0.25, 0.3) is 0 Å². The number of benzene rings is 1. The van der Waals surface area contributed by atoms with E-state index in [0.717, 1.165) is 21.7 Å². The standard InChI is InChI=1S/C18H26N4O5S/c1-13-7-5-6-8-14(13)9-19-15(23)10-20-17(25)18(2)12-22(28(4,26)27)11-16(24)21(18)3/h5-8H,9-12H2,1-4H3,(H,19,23)(H,20,25). The largest absolute Gasteiger partial charge is 0.350 e. The monoisotopic (exact) mass is 410 g/mol. The van der Waals surface area contributed by atoms with E-state index in [1.165, 1.54) is 18.9 Å². The maximum absolute atomic E-state index is 12.7. The van der Waals surface area contributed by atoms with Crippen molar-refractivity contribution >= 4 is 27.7 Å². The zero-order valence-corrected chi connectivity index (χ0v) is 17.3. The van der Waals surface area contributed by atoms with Crippen molar-refractivity contribution in [2.24, 2.45) is 0 Å². The van der Waals surface area contributed by atoms with Gasteiger partial charge in [0.05, 0.1) is 19.3 Å². The van der Waals surface area contributed by atoms with Crippen molar-refractivity contribution in [2.75, 3.05) is 32.9 Å². The summed E-state index contributed by atoms with van der Waals surface area (Å²) in [5.74, 6) is -1.47. The molecule has 1 atom stereocenters. The van der Waals surface area contributed by atoms with Crippen LogP contribution in [0.4, 0.5) is 0 Å². The van der Waals surface area contributed by atoms with E-state index in [9.17, 15) is 22.8 Å². The summed E-state index contributed by atoms with van der Waals surface area (Å²) >= 11 is 0. The summed E-state index contributed by atoms with van der Waals surface area (Å²) in [6.45, 7) is 2.98. The molecule has 1 aromatic rings. The lowest BCUT2D eigenvalue weighted by molar-refractivity contribution is -0.150. The molecular formula is C18H26N4O5S. The zero-order chi connectivity index (χ0) is 21.1. The summed E-state index contributed by atoms with van der Waals surface area (Å²) in [7, 11) is -2.19. The van der Waals surface area contributed by atoms with Crippen LogP contribution in [0.15, 0.2) is 24.3 Å². The van der Waals surface area contributed by atoms with Gasteiger partial charge in [-0.2, -0.15) is 4.31 Å². The number of hydrogen-bond acceptors (Lipinski definition) is 5. The van der Waals surface area contributed by atoms with Crippen LogP contribution in [-0.2, 0) is 31.0 Å². The second kappa shape index (κ2) is 8.27. The molecule has 3 amide bonds. The Hall–Kier alpha value is -2.46. The lowest BCUT2D eigenvalue weighted by Gasteiger charge is -2.44. The molecule has 0 saturated carbocycles. The van der Waals surface area contributed by atoms with Crippen molar-refractivity contribution in [2.45, 2.75) is 25.9 Å². The average Bonchev–Trinajstić information content (AvgIpc) is 2.62. The molecule has 10 heteroatoms. The fraction of sp³-hybridized carbons (Fsp3) is 0.500. The number of nitrogens with one attached hydrogen (secondary N) is 2. The third-order valence-electron chi connectivity index (χ3n) is 5.02. The Balaban J connectivity index is 1.97. The minimum Gasteiger partial charge on any atom is -0.350 e. The van der Waals surface area contributed by atoms with Crippen LogP contribution < -0.4 is 10.6 Å². The second-order valence-electron chi connectivity index (χ2n) is 7.14. The van der Waals surface area contributed by atoms with Gasteiger partial charge in [-0.05, 0) is 25.0 Å². The number of carbonyl (C=O) groups excluding carboxylic acids is 3. The first-order valence-corrected chi connectivity index (χ1v) is 10.6. The smallest absolute Gasteiger partial charge is 0.247 e. The number of sulfonamides is 1. The molecular weight excluding hydrogens is 384 g/mol. The van der Waals surface area contributed by atoms with E-state index in [1.807, 2.05) is 31.2 Å². The van der Waals surface area contributed by atoms with Crippen molar-refractivity contribution < 1.29 is 22.8 Å². The van der Waals surface area contributed by atoms with Crippen LogP contribution in [0, 0.1) is 6.92 Å². The number of likely N-dealkylation sites (N-methyl/N-ethyl adjacent to an activating group) is 1. The quantitative estimate of drug-likeness (QED) is 0.638. The fourth-order valence-electron chi connectivity index (χ4n) is 2.91. The highest BCUT2D eigenvalue weighted by atomic mass is 32.2. The summed E-state index contributed by atoms with van der Waals surface area (Å²) < 4.78 is 24.6. The molecule has 2 N–H and O–H groups in total. The SMILES string of the molecule is Cc1ccccc1CNC(=O)CNC(=O)C1(C)CN(S(C)(=O)=O)CC(=O)N1C. The molecule has 1 aliphatic heterocycles. The Morgan fingerprint density at radius 2 is 1.86 bits per heavy atom. The highest BCUT2D eigenvalue weighted by Crippen LogP contribution is 2.22. The first-order valence-electron chi connectivity index (χ1n) is 8.76. The fourth-order valence-corrected chi connectivity index (χ4v) is 3.74. The molecule has 1 aliphatic rings. The normalized spacial score (nSPS) is 20.7. The Morgan fingerprint density at radius 1 is 1.21 bits per heavy atom. The topological polar surface area (TPSA) is 116 Å². The molecule has 0 aliphatic carbocycles. The summed E-state index contributed by atoms with van der Waals surface area (Å²) in [6, 6.07) is 7.62. The molecule has 28 heavy (non-hydrogen) atoms. The number of amides is 3. The van der Waals surface area contributed by atoms with Crippen molar-refractivity contribution in [1.29, 1.82) is 0 Å². The number of hydrogen-bond donors (Lipinski definition) is 2. The van der Waals surface area contributed by atoms with Crippen LogP contribution in [0.3, 0.4) is 0 Å². The predicted octanol–water partition coefficient (Wildman–Crippen LogP) is -0.780. The number of nitrogens with zero attached hydrogens (tertiary/aromatic N) is 2. The molecule has 0 spiro atoms. The zero-order valence-electron chi connectivity index (χ0n) is 16.5. The molecule has 9 nitrogen and oxygen atoms in total. The Kier molecular flexibility index (Phi) is 6.45. The first kappa shape index (κ1) is 21.8. The van der Waals surface area contributed by atoms with E-state index in [-0.39, 0.29) is 25.5 Å². The van der Waals surface area contributed by atoms with Gasteiger partial charge in [0.2, 0.25) is 27.7 Å². The molecule has 154 valence electrons. The van der Waals surface area contributed by atoms with Gasteiger partial charge in [0.15, 0.2) is 0 Å². The maximum atomic E-state index is 12.7. The van der Waals surface area contributed by atoms with Crippen LogP contribution in [0.2, 0.25) is 0 Å². The van der Waals surface area contributed by atoms with Crippen molar-refractivity contribution in [3.63, 3.8) is 0 Å². The van der Waals surface area contributed by atoms with Crippen LogP contribution in [0.5, 0.6) is 0 Å². The highest BCUT2D eigenvalue weighted by Gasteiger charge is 2.47. The number of piperazine rings is 1. The van der Waals surface area contributed by atoms with E-state index in [2.05, 4.69) is 10.6 Å². The van der Waals surface area contributed by atoms with Gasteiger partial charge in [0, 0.05) is 20.1 Å². The van der Waals surface area contributed by atoms with E-state index < -0.39 is 27.4 Å². The third-order valence-corrected chi connectivity index (χ3v) is 6.21. The molecule has 1 heterocycles. The predicted molar refractivity (Wildman–Crippen MR) is 104 cm³/mol. The average molecular weight is 410 g/mol. The Morgan fingerprint density at radius 3 is 2.46 bits per heavy atom. The summed E-state index contributed by atoms with van der Waals surface area (Å²) in [5, 5.41) is 5.22. The van der Waals surface area contributed by atoms with Crippen LogP contribution in [-0.4, -0.2) is 73.8 Å². The first-order chi connectivity index (χ1) is 12.9. The van der Waals surface area contributed by atoms with Gasteiger partial charge in [0.25, 0.3) is 0 Å². The lowest BCUT2D eigenvalue weighted by Crippen LogP contribution is -2.68. The second-order valence-corrected chi connectivity index (χ2v) is 9.13. The third kappa shape index (κ3) is 4.87. The molecule has 0 bridgehead atoms. The summed E-state index contributed by atoms with van der Waals surface area (Å²) in [4.78, 5) is 38.1. The Bertz CT molecular complexity index is 886. The van der Waals surface area contributed by atoms with Crippen molar-refractivity contribution in [1.82, 2.24) is 19.8 Å². The van der Waals surface area contributed by atoms with Gasteiger partial charge in [-0.3, -0.25) is 14.4 Å². The number of aryl methyl sites for hydroxylation is 1. The highest BCUT2D eigenvalue weighted by molar-refractivity contribution is 7.88. The molecule has 0 radical (unpaired) electrons.